The van der Waals surface area contributed by atoms with E-state index in [-0.39, 0.29) is 0 Å². The molecule has 1 aromatic rings. The van der Waals surface area contributed by atoms with Crippen LogP contribution in [0.25, 0.3) is 0 Å². The number of imidazole rings is 1. The van der Waals surface area contributed by atoms with E-state index in [1.165, 1.54) is 56.7 Å². The van der Waals surface area contributed by atoms with E-state index in [4.69, 9.17) is 4.98 Å². The molecule has 2 fully saturated rings. The van der Waals surface area contributed by atoms with E-state index in [0.717, 1.165) is 19.0 Å². The van der Waals surface area contributed by atoms with Crippen molar-refractivity contribution in [2.45, 2.75) is 51.5 Å². The van der Waals surface area contributed by atoms with Crippen molar-refractivity contribution >= 4 is 5.95 Å². The highest BCUT2D eigenvalue weighted by Gasteiger charge is 2.26. The van der Waals surface area contributed by atoms with Gasteiger partial charge < -0.3 is 14.8 Å². The van der Waals surface area contributed by atoms with Crippen molar-refractivity contribution in [2.24, 2.45) is 5.92 Å². The first-order valence-corrected chi connectivity index (χ1v) is 8.23. The van der Waals surface area contributed by atoms with Crippen molar-refractivity contribution in [3.05, 3.63) is 11.9 Å². The van der Waals surface area contributed by atoms with Gasteiger partial charge in [-0.3, -0.25) is 0 Å². The first-order valence-electron chi connectivity index (χ1n) is 8.23. The van der Waals surface area contributed by atoms with Gasteiger partial charge in [0.25, 0.3) is 0 Å². The van der Waals surface area contributed by atoms with E-state index in [1.807, 2.05) is 0 Å². The molecule has 1 atom stereocenters. The van der Waals surface area contributed by atoms with E-state index in [1.54, 1.807) is 0 Å². The van der Waals surface area contributed by atoms with Gasteiger partial charge in [0.1, 0.15) is 0 Å². The molecule has 2 aliphatic rings. The smallest absolute Gasteiger partial charge is 0.205 e. The number of anilines is 1. The Bertz CT molecular complexity index is 432. The molecule has 1 N–H and O–H groups in total. The minimum absolute atomic E-state index is 0.691. The summed E-state index contributed by atoms with van der Waals surface area (Å²) in [6.07, 6.45) is 10.3. The zero-order chi connectivity index (χ0) is 13.9. The lowest BCUT2D eigenvalue weighted by molar-refractivity contribution is 0.392. The molecule has 4 heteroatoms. The van der Waals surface area contributed by atoms with Crippen molar-refractivity contribution in [3.8, 4) is 0 Å². The lowest BCUT2D eigenvalue weighted by Gasteiger charge is -2.34. The van der Waals surface area contributed by atoms with Gasteiger partial charge in [-0.2, -0.15) is 0 Å². The summed E-state index contributed by atoms with van der Waals surface area (Å²) in [6.45, 7) is 5.58. The molecule has 1 saturated heterocycles. The molecule has 1 aromatic heterocycles. The molecule has 1 saturated carbocycles. The average Bonchev–Trinajstić information content (AvgIpc) is 3.08. The van der Waals surface area contributed by atoms with Gasteiger partial charge in [-0.1, -0.05) is 12.8 Å². The fourth-order valence-corrected chi connectivity index (χ4v) is 3.89. The third-order valence-electron chi connectivity index (χ3n) is 4.85. The summed E-state index contributed by atoms with van der Waals surface area (Å²) in [4.78, 5) is 7.37. The molecule has 4 nitrogen and oxygen atoms in total. The summed E-state index contributed by atoms with van der Waals surface area (Å²) in [7, 11) is 2.06. The topological polar surface area (TPSA) is 33.1 Å². The number of rotatable bonds is 4. The summed E-state index contributed by atoms with van der Waals surface area (Å²) in [5.41, 5.74) is 1.17. The molecule has 2 heterocycles. The fraction of sp³-hybridized carbons (Fsp3) is 0.812. The largest absolute Gasteiger partial charge is 0.342 e. The van der Waals surface area contributed by atoms with E-state index < -0.39 is 0 Å². The van der Waals surface area contributed by atoms with Crippen molar-refractivity contribution in [1.29, 1.82) is 0 Å². The Morgan fingerprint density at radius 3 is 2.80 bits per heavy atom. The number of piperidine rings is 1. The molecule has 0 aromatic carbocycles. The Morgan fingerprint density at radius 2 is 2.05 bits per heavy atom. The van der Waals surface area contributed by atoms with Crippen LogP contribution >= 0.6 is 0 Å². The zero-order valence-corrected chi connectivity index (χ0v) is 12.9. The fourth-order valence-electron chi connectivity index (χ4n) is 3.89. The van der Waals surface area contributed by atoms with Gasteiger partial charge in [-0.15, -0.1) is 0 Å². The summed E-state index contributed by atoms with van der Waals surface area (Å²) in [6, 6.07) is 0.691. The molecular formula is C16H28N4. The number of hydrogen-bond acceptors (Lipinski definition) is 3. The maximum absolute atomic E-state index is 4.84. The number of nitrogens with zero attached hydrogens (tertiary/aromatic N) is 3. The van der Waals surface area contributed by atoms with Crippen LogP contribution in [0.5, 0.6) is 0 Å². The number of hydrogen-bond donors (Lipinski definition) is 1. The molecule has 20 heavy (non-hydrogen) atoms. The quantitative estimate of drug-likeness (QED) is 0.918. The lowest BCUT2D eigenvalue weighted by atomic mass is 9.98. The van der Waals surface area contributed by atoms with Crippen LogP contribution in [0, 0.1) is 12.8 Å². The molecule has 1 unspecified atom stereocenters. The number of nitrogens with one attached hydrogen (secondary N) is 1. The highest BCUT2D eigenvalue weighted by atomic mass is 15.3. The van der Waals surface area contributed by atoms with Crippen LogP contribution in [0.15, 0.2) is 6.20 Å². The van der Waals surface area contributed by atoms with Crippen molar-refractivity contribution < 1.29 is 0 Å². The molecule has 0 spiro atoms. The van der Waals surface area contributed by atoms with Gasteiger partial charge in [-0.25, -0.2) is 4.98 Å². The van der Waals surface area contributed by atoms with Crippen molar-refractivity contribution in [1.82, 2.24) is 14.9 Å². The van der Waals surface area contributed by atoms with Crippen molar-refractivity contribution in [2.75, 3.05) is 31.6 Å². The highest BCUT2D eigenvalue weighted by Crippen LogP contribution is 2.34. The maximum atomic E-state index is 4.84. The second-order valence-corrected chi connectivity index (χ2v) is 6.54. The Balaban J connectivity index is 1.78. The SMILES string of the molecule is CNCC1CCCN(c2nc(C)cn2C2CCCC2)C1. The third-order valence-corrected chi connectivity index (χ3v) is 4.85. The standard InChI is InChI=1S/C16H28N4/c1-13-11-20(15-7-3-4-8-15)16(18-13)19-9-5-6-14(12-19)10-17-2/h11,14-15,17H,3-10,12H2,1-2H3. The molecule has 1 aliphatic heterocycles. The molecule has 0 radical (unpaired) electrons. The Kier molecular flexibility index (Phi) is 4.29. The Hall–Kier alpha value is -1.03. The lowest BCUT2D eigenvalue weighted by Crippen LogP contribution is -2.40. The van der Waals surface area contributed by atoms with Gasteiger partial charge in [0.2, 0.25) is 5.95 Å². The summed E-state index contributed by atoms with van der Waals surface area (Å²) >= 11 is 0. The molecule has 0 amide bonds. The van der Waals surface area contributed by atoms with Gasteiger partial charge in [0, 0.05) is 25.3 Å². The van der Waals surface area contributed by atoms with Crippen LogP contribution in [0.4, 0.5) is 5.95 Å². The summed E-state index contributed by atoms with van der Waals surface area (Å²) < 4.78 is 2.48. The number of aryl methyl sites for hydroxylation is 1. The third kappa shape index (κ3) is 2.85. The van der Waals surface area contributed by atoms with Crippen LogP contribution in [-0.4, -0.2) is 36.2 Å². The molecule has 3 rings (SSSR count). The summed E-state index contributed by atoms with van der Waals surface area (Å²) in [5.74, 6) is 2.00. The van der Waals surface area contributed by atoms with Gasteiger partial charge in [-0.05, 0) is 52.1 Å². The van der Waals surface area contributed by atoms with Crippen LogP contribution in [0.1, 0.15) is 50.3 Å². The Labute approximate surface area is 122 Å². The van der Waals surface area contributed by atoms with Crippen LogP contribution in [-0.2, 0) is 0 Å². The van der Waals surface area contributed by atoms with Gasteiger partial charge in [0.05, 0.1) is 5.69 Å². The van der Waals surface area contributed by atoms with Gasteiger partial charge in [0.15, 0.2) is 0 Å². The minimum Gasteiger partial charge on any atom is -0.342 e. The second-order valence-electron chi connectivity index (χ2n) is 6.54. The average molecular weight is 276 g/mol. The van der Waals surface area contributed by atoms with Crippen LogP contribution in [0.3, 0.4) is 0 Å². The predicted octanol–water partition coefficient (Wildman–Crippen LogP) is 2.74. The normalized spacial score (nSPS) is 24.5. The van der Waals surface area contributed by atoms with E-state index in [0.29, 0.717) is 6.04 Å². The maximum Gasteiger partial charge on any atom is 0.205 e. The predicted molar refractivity (Wildman–Crippen MR) is 83.3 cm³/mol. The first kappa shape index (κ1) is 13.9. The Morgan fingerprint density at radius 1 is 1.25 bits per heavy atom. The number of aromatic nitrogens is 2. The molecular weight excluding hydrogens is 248 g/mol. The van der Waals surface area contributed by atoms with E-state index in [9.17, 15) is 0 Å². The summed E-state index contributed by atoms with van der Waals surface area (Å²) in [5, 5.41) is 3.33. The van der Waals surface area contributed by atoms with Gasteiger partial charge >= 0.3 is 0 Å². The van der Waals surface area contributed by atoms with Crippen LogP contribution in [0.2, 0.25) is 0 Å². The monoisotopic (exact) mass is 276 g/mol. The molecule has 0 bridgehead atoms. The van der Waals surface area contributed by atoms with E-state index in [2.05, 4.69) is 35.0 Å². The second kappa shape index (κ2) is 6.17. The highest BCUT2D eigenvalue weighted by molar-refractivity contribution is 5.35. The minimum atomic E-state index is 0.691. The zero-order valence-electron chi connectivity index (χ0n) is 12.9. The van der Waals surface area contributed by atoms with Crippen molar-refractivity contribution in [3.63, 3.8) is 0 Å². The first-order chi connectivity index (χ1) is 9.78. The molecule has 112 valence electrons. The molecule has 1 aliphatic carbocycles. The van der Waals surface area contributed by atoms with Crippen LogP contribution < -0.4 is 10.2 Å². The van der Waals surface area contributed by atoms with E-state index >= 15 is 0 Å².